The number of para-hydroxylation sites is 1. The van der Waals surface area contributed by atoms with E-state index in [9.17, 15) is 18.1 Å². The van der Waals surface area contributed by atoms with Crippen LogP contribution in [0.3, 0.4) is 0 Å². The van der Waals surface area contributed by atoms with Gasteiger partial charge in [-0.2, -0.15) is 13.9 Å². The minimum Gasteiger partial charge on any atom is -0.345 e. The fraction of sp³-hybridized carbons (Fsp3) is 0.143. The fourth-order valence-electron chi connectivity index (χ4n) is 3.37. The van der Waals surface area contributed by atoms with Crippen LogP contribution in [0.5, 0.6) is 0 Å². The molecular weight excluding hydrogens is 539 g/mol. The SMILES string of the molecule is CC(NC(=O)c1ccc2sc(C(F)(F)P(=O)(O)O)c(Br)c2c1)c1ccccc1-n1cccn1. The molecule has 0 bridgehead atoms. The second kappa shape index (κ2) is 8.73. The highest BCUT2D eigenvalue weighted by molar-refractivity contribution is 9.10. The third kappa shape index (κ3) is 4.39. The molecule has 0 saturated heterocycles. The van der Waals surface area contributed by atoms with Gasteiger partial charge in [0.2, 0.25) is 0 Å². The van der Waals surface area contributed by atoms with Crippen LogP contribution in [-0.4, -0.2) is 25.5 Å². The Morgan fingerprint density at radius 1 is 1.24 bits per heavy atom. The predicted octanol–water partition coefficient (Wildman–Crippen LogP) is 5.57. The highest BCUT2D eigenvalue weighted by atomic mass is 79.9. The van der Waals surface area contributed by atoms with E-state index in [1.165, 1.54) is 18.2 Å². The number of hydrogen-bond donors (Lipinski definition) is 3. The zero-order chi connectivity index (χ0) is 24.0. The first-order valence-electron chi connectivity index (χ1n) is 9.56. The number of hydrogen-bond acceptors (Lipinski definition) is 4. The second-order valence-electron chi connectivity index (χ2n) is 7.25. The molecule has 4 rings (SSSR count). The predicted molar refractivity (Wildman–Crippen MR) is 125 cm³/mol. The van der Waals surface area contributed by atoms with Gasteiger partial charge in [-0.25, -0.2) is 4.68 Å². The quantitative estimate of drug-likeness (QED) is 0.270. The van der Waals surface area contributed by atoms with Gasteiger partial charge in [0.1, 0.15) is 4.88 Å². The number of rotatable bonds is 6. The first-order chi connectivity index (χ1) is 15.5. The monoisotopic (exact) mass is 555 g/mol. The van der Waals surface area contributed by atoms with Gasteiger partial charge >= 0.3 is 13.3 Å². The molecule has 12 heteroatoms. The van der Waals surface area contributed by atoms with Gasteiger partial charge in [0.25, 0.3) is 5.91 Å². The van der Waals surface area contributed by atoms with Crippen molar-refractivity contribution in [2.75, 3.05) is 0 Å². The Morgan fingerprint density at radius 3 is 2.64 bits per heavy atom. The summed E-state index contributed by atoms with van der Waals surface area (Å²) >= 11 is 3.59. The van der Waals surface area contributed by atoms with Crippen molar-refractivity contribution in [3.8, 4) is 5.69 Å². The van der Waals surface area contributed by atoms with Crippen LogP contribution in [-0.2, 0) is 10.2 Å². The van der Waals surface area contributed by atoms with Crippen molar-refractivity contribution in [3.05, 3.63) is 81.4 Å². The van der Waals surface area contributed by atoms with E-state index < -0.39 is 30.1 Å². The minimum absolute atomic E-state index is 0.150. The Hall–Kier alpha value is -2.43. The molecule has 0 saturated carbocycles. The Balaban J connectivity index is 1.64. The third-order valence-corrected chi connectivity index (χ3v) is 8.46. The van der Waals surface area contributed by atoms with Gasteiger partial charge in [-0.05, 0) is 58.7 Å². The maximum Gasteiger partial charge on any atom is 0.400 e. The molecule has 4 aromatic rings. The lowest BCUT2D eigenvalue weighted by Gasteiger charge is -2.18. The van der Waals surface area contributed by atoms with E-state index in [4.69, 9.17) is 9.79 Å². The average Bonchev–Trinajstić information content (AvgIpc) is 3.41. The van der Waals surface area contributed by atoms with Crippen molar-refractivity contribution in [1.82, 2.24) is 15.1 Å². The smallest absolute Gasteiger partial charge is 0.345 e. The summed E-state index contributed by atoms with van der Waals surface area (Å²) in [6, 6.07) is 13.2. The van der Waals surface area contributed by atoms with Gasteiger partial charge in [0, 0.05) is 32.5 Å². The number of nitrogens with one attached hydrogen (secondary N) is 1. The first-order valence-corrected chi connectivity index (χ1v) is 12.8. The van der Waals surface area contributed by atoms with Gasteiger partial charge in [-0.15, -0.1) is 11.3 Å². The second-order valence-corrected chi connectivity index (χ2v) is 10.7. The van der Waals surface area contributed by atoms with Crippen molar-refractivity contribution in [2.45, 2.75) is 18.6 Å². The normalized spacial score (nSPS) is 13.3. The van der Waals surface area contributed by atoms with Crippen molar-refractivity contribution in [3.63, 3.8) is 0 Å². The first kappa shape index (κ1) is 23.7. The number of carbonyl (C=O) groups excluding carboxylic acids is 1. The maximum atomic E-state index is 14.3. The van der Waals surface area contributed by atoms with Crippen LogP contribution >= 0.6 is 34.9 Å². The minimum atomic E-state index is -5.72. The van der Waals surface area contributed by atoms with Crippen LogP contribution in [0.1, 0.15) is 33.8 Å². The van der Waals surface area contributed by atoms with Crippen LogP contribution in [0.4, 0.5) is 8.78 Å². The van der Waals surface area contributed by atoms with Crippen LogP contribution in [0.2, 0.25) is 0 Å². The van der Waals surface area contributed by atoms with Gasteiger partial charge in [0.15, 0.2) is 0 Å². The molecule has 172 valence electrons. The summed E-state index contributed by atoms with van der Waals surface area (Å²) in [7, 11) is -5.72. The zero-order valence-corrected chi connectivity index (χ0v) is 20.2. The fourth-order valence-corrected chi connectivity index (χ4v) is 6.29. The van der Waals surface area contributed by atoms with Crippen LogP contribution < -0.4 is 5.32 Å². The van der Waals surface area contributed by atoms with Gasteiger partial charge in [-0.1, -0.05) is 18.2 Å². The van der Waals surface area contributed by atoms with Crippen molar-refractivity contribution < 1.29 is 27.9 Å². The van der Waals surface area contributed by atoms with E-state index in [1.54, 1.807) is 23.1 Å². The Bertz CT molecular complexity index is 1390. The summed E-state index contributed by atoms with van der Waals surface area (Å²) in [6.07, 6.45) is 3.44. The lowest BCUT2D eigenvalue weighted by molar-refractivity contribution is 0.0595. The largest absolute Gasteiger partial charge is 0.400 e. The number of benzene rings is 2. The number of nitrogens with zero attached hydrogens (tertiary/aromatic N) is 2. The lowest BCUT2D eigenvalue weighted by atomic mass is 10.1. The summed E-state index contributed by atoms with van der Waals surface area (Å²) in [6.45, 7) is 1.82. The highest BCUT2D eigenvalue weighted by Gasteiger charge is 2.53. The molecule has 0 radical (unpaired) electrons. The molecule has 1 amide bonds. The molecular formula is C21H17BrF2N3O4PS. The molecule has 0 aliphatic rings. The van der Waals surface area contributed by atoms with Crippen molar-refractivity contribution in [2.24, 2.45) is 0 Å². The van der Waals surface area contributed by atoms with Crippen molar-refractivity contribution >= 4 is 50.9 Å². The number of thiophene rings is 1. The molecule has 2 aromatic carbocycles. The summed E-state index contributed by atoms with van der Waals surface area (Å²) < 4.78 is 41.7. The molecule has 0 aliphatic heterocycles. The Kier molecular flexibility index (Phi) is 6.28. The van der Waals surface area contributed by atoms with E-state index in [-0.39, 0.29) is 15.4 Å². The van der Waals surface area contributed by atoms with E-state index in [0.29, 0.717) is 16.0 Å². The number of amides is 1. The van der Waals surface area contributed by atoms with Gasteiger partial charge in [0.05, 0.1) is 11.7 Å². The summed E-state index contributed by atoms with van der Waals surface area (Å²) in [5.41, 5.74) is -2.50. The number of carbonyl (C=O) groups is 1. The van der Waals surface area contributed by atoms with Gasteiger partial charge < -0.3 is 15.1 Å². The molecule has 0 spiro atoms. The van der Waals surface area contributed by atoms with Gasteiger partial charge in [-0.3, -0.25) is 9.36 Å². The van der Waals surface area contributed by atoms with Crippen LogP contribution in [0.25, 0.3) is 15.8 Å². The summed E-state index contributed by atoms with van der Waals surface area (Å²) in [5, 5.41) is 7.39. The molecule has 2 aromatic heterocycles. The third-order valence-electron chi connectivity index (χ3n) is 5.03. The lowest BCUT2D eigenvalue weighted by Crippen LogP contribution is -2.27. The van der Waals surface area contributed by atoms with E-state index >= 15 is 0 Å². The summed E-state index contributed by atoms with van der Waals surface area (Å²) in [4.78, 5) is 30.3. The van der Waals surface area contributed by atoms with E-state index in [0.717, 1.165) is 11.3 Å². The molecule has 1 atom stereocenters. The van der Waals surface area contributed by atoms with E-state index in [1.807, 2.05) is 31.2 Å². The number of alkyl halides is 2. The number of fused-ring (bicyclic) bond motifs is 1. The highest BCUT2D eigenvalue weighted by Crippen LogP contribution is 2.62. The van der Waals surface area contributed by atoms with Crippen molar-refractivity contribution in [1.29, 1.82) is 0 Å². The molecule has 0 fully saturated rings. The number of aromatic nitrogens is 2. The zero-order valence-electron chi connectivity index (χ0n) is 16.9. The molecule has 1 unspecified atom stereocenters. The van der Waals surface area contributed by atoms with E-state index in [2.05, 4.69) is 26.3 Å². The topological polar surface area (TPSA) is 104 Å². The Labute approximate surface area is 199 Å². The number of halogens is 3. The summed E-state index contributed by atoms with van der Waals surface area (Å²) in [5.74, 6) is -0.430. The average molecular weight is 556 g/mol. The molecule has 0 aliphatic carbocycles. The maximum absolute atomic E-state index is 14.3. The Morgan fingerprint density at radius 2 is 1.97 bits per heavy atom. The molecule has 7 nitrogen and oxygen atoms in total. The molecule has 2 heterocycles. The van der Waals surface area contributed by atoms with Crippen LogP contribution in [0, 0.1) is 0 Å². The molecule has 3 N–H and O–H groups in total. The standard InChI is InChI=1S/C21H17BrF2N3O4PS/c1-12(14-5-2-3-6-16(14)27-10-4-9-25-27)26-20(28)13-7-8-17-15(11-13)18(22)19(33-17)21(23,24)32(29,30)31/h2-12H,1H3,(H,26,28)(H2,29,30,31). The molecule has 33 heavy (non-hydrogen) atoms. The van der Waals surface area contributed by atoms with Crippen LogP contribution in [0.15, 0.2) is 65.4 Å².